The first kappa shape index (κ1) is 20.8. The van der Waals surface area contributed by atoms with Crippen LogP contribution in [0.3, 0.4) is 0 Å². The van der Waals surface area contributed by atoms with Crippen LogP contribution in [0, 0.1) is 5.92 Å². The molecular weight excluding hydrogens is 396 g/mol. The molecule has 0 aliphatic carbocycles. The molecule has 0 aromatic heterocycles. The van der Waals surface area contributed by atoms with Crippen molar-refractivity contribution in [3.63, 3.8) is 0 Å². The molecule has 2 aliphatic rings. The maximum absolute atomic E-state index is 13.6. The average molecular weight is 420 g/mol. The minimum absolute atomic E-state index is 0.119. The van der Waals surface area contributed by atoms with Gasteiger partial charge in [0.1, 0.15) is 5.60 Å². The zero-order valence-corrected chi connectivity index (χ0v) is 17.9. The van der Waals surface area contributed by atoms with Gasteiger partial charge >= 0.3 is 6.09 Å². The molecule has 1 fully saturated rings. The van der Waals surface area contributed by atoms with Crippen molar-refractivity contribution in [2.75, 3.05) is 9.80 Å². The van der Waals surface area contributed by atoms with Gasteiger partial charge in [0.25, 0.3) is 0 Å². The molecular formula is C24H24N2O5. The van der Waals surface area contributed by atoms with Crippen molar-refractivity contribution in [3.05, 3.63) is 60.2 Å². The molecule has 4 rings (SSSR count). The van der Waals surface area contributed by atoms with Crippen molar-refractivity contribution in [2.24, 2.45) is 5.92 Å². The van der Waals surface area contributed by atoms with Crippen molar-refractivity contribution in [3.8, 4) is 0 Å². The van der Waals surface area contributed by atoms with Gasteiger partial charge in [-0.3, -0.25) is 19.3 Å². The Balaban J connectivity index is 1.76. The second-order valence-corrected chi connectivity index (χ2v) is 9.00. The molecule has 2 aromatic carbocycles. The maximum Gasteiger partial charge on any atom is 0.421 e. The second kappa shape index (κ2) is 7.04. The number of hydrogen-bond donors (Lipinski definition) is 0. The van der Waals surface area contributed by atoms with Crippen LogP contribution in [-0.2, 0) is 24.5 Å². The van der Waals surface area contributed by atoms with Crippen LogP contribution in [0.5, 0.6) is 0 Å². The summed E-state index contributed by atoms with van der Waals surface area (Å²) in [5, 5.41) is 0. The molecule has 0 spiro atoms. The predicted octanol–water partition coefficient (Wildman–Crippen LogP) is 3.81. The molecule has 7 nitrogen and oxygen atoms in total. The van der Waals surface area contributed by atoms with Crippen molar-refractivity contribution in [2.45, 2.75) is 45.1 Å². The van der Waals surface area contributed by atoms with Gasteiger partial charge in [-0.2, -0.15) is 0 Å². The van der Waals surface area contributed by atoms with Crippen molar-refractivity contribution < 1.29 is 23.9 Å². The van der Waals surface area contributed by atoms with Crippen LogP contribution in [0.1, 0.15) is 39.7 Å². The summed E-state index contributed by atoms with van der Waals surface area (Å²) < 4.78 is 5.45. The van der Waals surface area contributed by atoms with E-state index in [-0.39, 0.29) is 12.3 Å². The number of ether oxygens (including phenoxy) is 1. The van der Waals surface area contributed by atoms with Gasteiger partial charge in [-0.05, 0) is 51.5 Å². The highest BCUT2D eigenvalue weighted by molar-refractivity contribution is 6.27. The standard InChI is InChI=1S/C24H24N2O5/c1-23(2,3)31-22(30)26-18-13-9-8-12-16(18)24(4,21(26)29)17-14-19(27)25(20(17)28)15-10-6-5-7-11-15/h5-13,17H,14H2,1-4H3/t17-,24-/m1/s1. The number of carbonyl (C=O) groups is 4. The summed E-state index contributed by atoms with van der Waals surface area (Å²) in [5.41, 5.74) is -0.792. The van der Waals surface area contributed by atoms with Crippen molar-refractivity contribution in [1.82, 2.24) is 0 Å². The number of para-hydroxylation sites is 2. The molecule has 0 N–H and O–H groups in total. The third-order valence-electron chi connectivity index (χ3n) is 5.79. The largest absolute Gasteiger partial charge is 0.443 e. The molecule has 160 valence electrons. The summed E-state index contributed by atoms with van der Waals surface area (Å²) in [6.07, 6.45) is -0.919. The van der Waals surface area contributed by atoms with Crippen LogP contribution in [0.2, 0.25) is 0 Å². The fraction of sp³-hybridized carbons (Fsp3) is 0.333. The van der Waals surface area contributed by atoms with Gasteiger partial charge in [-0.15, -0.1) is 0 Å². The third-order valence-corrected chi connectivity index (χ3v) is 5.79. The summed E-state index contributed by atoms with van der Waals surface area (Å²) >= 11 is 0. The van der Waals surface area contributed by atoms with E-state index in [4.69, 9.17) is 4.74 Å². The lowest BCUT2D eigenvalue weighted by Gasteiger charge is -2.29. The highest BCUT2D eigenvalue weighted by Gasteiger charge is 2.60. The molecule has 0 radical (unpaired) electrons. The van der Waals surface area contributed by atoms with Gasteiger partial charge in [0.05, 0.1) is 22.7 Å². The Morgan fingerprint density at radius 3 is 2.26 bits per heavy atom. The Labute approximate surface area is 180 Å². The van der Waals surface area contributed by atoms with E-state index in [1.165, 1.54) is 0 Å². The average Bonchev–Trinajstić information content (AvgIpc) is 3.13. The third kappa shape index (κ3) is 3.21. The van der Waals surface area contributed by atoms with Crippen LogP contribution in [0.25, 0.3) is 0 Å². The Bertz CT molecular complexity index is 1090. The number of amides is 4. The van der Waals surface area contributed by atoms with Gasteiger partial charge in [-0.25, -0.2) is 9.69 Å². The lowest BCUT2D eigenvalue weighted by molar-refractivity contribution is -0.131. The summed E-state index contributed by atoms with van der Waals surface area (Å²) in [5.74, 6) is -2.32. The summed E-state index contributed by atoms with van der Waals surface area (Å²) in [6.45, 7) is 6.78. The second-order valence-electron chi connectivity index (χ2n) is 9.00. The van der Waals surface area contributed by atoms with Crippen molar-refractivity contribution in [1.29, 1.82) is 0 Å². The van der Waals surface area contributed by atoms with E-state index in [2.05, 4.69) is 0 Å². The highest BCUT2D eigenvalue weighted by atomic mass is 16.6. The highest BCUT2D eigenvalue weighted by Crippen LogP contribution is 2.50. The molecule has 0 saturated carbocycles. The van der Waals surface area contributed by atoms with Crippen molar-refractivity contribution >= 4 is 35.2 Å². The lowest BCUT2D eigenvalue weighted by Crippen LogP contribution is -2.49. The Morgan fingerprint density at radius 2 is 1.61 bits per heavy atom. The van der Waals surface area contributed by atoms with Gasteiger partial charge < -0.3 is 4.74 Å². The van der Waals surface area contributed by atoms with Crippen LogP contribution in [-0.4, -0.2) is 29.4 Å². The van der Waals surface area contributed by atoms with E-state index < -0.39 is 34.8 Å². The number of hydrogen-bond acceptors (Lipinski definition) is 5. The Hall–Kier alpha value is -3.48. The molecule has 2 aromatic rings. The summed E-state index contributed by atoms with van der Waals surface area (Å²) in [4.78, 5) is 54.8. The number of carbonyl (C=O) groups excluding carboxylic acids is 4. The molecule has 0 bridgehead atoms. The van der Waals surface area contributed by atoms with E-state index in [9.17, 15) is 19.2 Å². The van der Waals surface area contributed by atoms with E-state index in [1.807, 2.05) is 0 Å². The summed E-state index contributed by atoms with van der Waals surface area (Å²) in [6, 6.07) is 15.5. The van der Waals surface area contributed by atoms with E-state index in [0.717, 1.165) is 9.80 Å². The van der Waals surface area contributed by atoms with Crippen LogP contribution in [0.4, 0.5) is 16.2 Å². The molecule has 2 atom stereocenters. The van der Waals surface area contributed by atoms with Crippen LogP contribution >= 0.6 is 0 Å². The van der Waals surface area contributed by atoms with Gasteiger partial charge in [0.2, 0.25) is 17.7 Å². The van der Waals surface area contributed by atoms with Crippen LogP contribution < -0.4 is 9.80 Å². The number of fused-ring (bicyclic) bond motifs is 1. The van der Waals surface area contributed by atoms with E-state index in [0.29, 0.717) is 16.9 Å². The smallest absolute Gasteiger partial charge is 0.421 e. The lowest BCUT2D eigenvalue weighted by atomic mass is 9.71. The normalized spacial score (nSPS) is 23.4. The van der Waals surface area contributed by atoms with Gasteiger partial charge in [0.15, 0.2) is 0 Å². The number of rotatable bonds is 2. The predicted molar refractivity (Wildman–Crippen MR) is 115 cm³/mol. The van der Waals surface area contributed by atoms with Gasteiger partial charge in [-0.1, -0.05) is 36.4 Å². The fourth-order valence-electron chi connectivity index (χ4n) is 4.32. The number of anilines is 2. The Kier molecular flexibility index (Phi) is 4.72. The molecule has 0 unspecified atom stereocenters. The van der Waals surface area contributed by atoms with Crippen LogP contribution in [0.15, 0.2) is 54.6 Å². The molecule has 1 saturated heterocycles. The van der Waals surface area contributed by atoms with Gasteiger partial charge in [0, 0.05) is 6.42 Å². The zero-order chi connectivity index (χ0) is 22.6. The number of benzene rings is 2. The first-order chi connectivity index (χ1) is 14.6. The first-order valence-corrected chi connectivity index (χ1v) is 10.1. The quantitative estimate of drug-likeness (QED) is 0.690. The molecule has 4 amide bonds. The number of nitrogens with zero attached hydrogens (tertiary/aromatic N) is 2. The molecule has 7 heteroatoms. The Morgan fingerprint density at radius 1 is 1.00 bits per heavy atom. The minimum Gasteiger partial charge on any atom is -0.443 e. The molecule has 31 heavy (non-hydrogen) atoms. The van der Waals surface area contributed by atoms with E-state index >= 15 is 0 Å². The summed E-state index contributed by atoms with van der Waals surface area (Å²) in [7, 11) is 0. The topological polar surface area (TPSA) is 84.0 Å². The fourth-order valence-corrected chi connectivity index (χ4v) is 4.32. The molecule has 2 heterocycles. The SMILES string of the molecule is CC(C)(C)OC(=O)N1C(=O)[C@@](C)([C@@H]2CC(=O)N(c3ccccc3)C2=O)c2ccccc21. The van der Waals surface area contributed by atoms with E-state index in [1.54, 1.807) is 82.3 Å². The number of imide groups is 2. The maximum atomic E-state index is 13.6. The monoisotopic (exact) mass is 420 g/mol. The molecule has 2 aliphatic heterocycles. The first-order valence-electron chi connectivity index (χ1n) is 10.1. The minimum atomic E-state index is -1.37. The zero-order valence-electron chi connectivity index (χ0n) is 17.9.